The minimum absolute atomic E-state index is 0.623. The van der Waals surface area contributed by atoms with Gasteiger partial charge in [-0.25, -0.2) is 0 Å². The van der Waals surface area contributed by atoms with Crippen LogP contribution in [0.15, 0.2) is 0 Å². The molecule has 0 nitrogen and oxygen atoms in total. The molecule has 0 spiro atoms. The summed E-state index contributed by atoms with van der Waals surface area (Å²) in [7, 11) is 2.84. The molecular weight excluding hydrogens is 183 g/mol. The number of hydrogen-bond acceptors (Lipinski definition) is 1. The summed E-state index contributed by atoms with van der Waals surface area (Å²) in [6.45, 7) is 0. The van der Waals surface area contributed by atoms with Crippen molar-refractivity contribution in [1.82, 2.24) is 0 Å². The fraction of sp³-hybridized carbons (Fsp3) is 0.800. The Morgan fingerprint density at radius 1 is 1.42 bits per heavy atom. The van der Waals surface area contributed by atoms with Crippen LogP contribution in [0.2, 0.25) is 0 Å². The molecule has 1 rings (SSSR count). The van der Waals surface area contributed by atoms with E-state index in [1.54, 1.807) is 0 Å². The second kappa shape index (κ2) is 5.15. The van der Waals surface area contributed by atoms with E-state index in [1.807, 2.05) is 0 Å². The average Bonchev–Trinajstić information content (AvgIpc) is 2.42. The van der Waals surface area contributed by atoms with Crippen LogP contribution in [0.3, 0.4) is 0 Å². The molecule has 0 amide bonds. The Morgan fingerprint density at radius 2 is 2.08 bits per heavy atom. The predicted molar refractivity (Wildman–Crippen MR) is 61.6 cm³/mol. The molecule has 1 saturated carbocycles. The third-order valence-electron chi connectivity index (χ3n) is 2.78. The van der Waals surface area contributed by atoms with Crippen molar-refractivity contribution >= 4 is 21.9 Å². The Balaban J connectivity index is 2.36. The summed E-state index contributed by atoms with van der Waals surface area (Å²) in [5, 5.41) is 0.623. The zero-order valence-corrected chi connectivity index (χ0v) is 9.42. The average molecular weight is 200 g/mol. The van der Waals surface area contributed by atoms with Gasteiger partial charge in [-0.05, 0) is 37.3 Å². The summed E-state index contributed by atoms with van der Waals surface area (Å²) in [6, 6.07) is 0. The third kappa shape index (κ3) is 2.68. The second-order valence-corrected chi connectivity index (χ2v) is 4.83. The van der Waals surface area contributed by atoms with Gasteiger partial charge in [-0.1, -0.05) is 0 Å². The zero-order valence-electron chi connectivity index (χ0n) is 7.37. The van der Waals surface area contributed by atoms with Crippen LogP contribution in [0, 0.1) is 24.2 Å². The van der Waals surface area contributed by atoms with Crippen molar-refractivity contribution in [2.45, 2.75) is 30.9 Å². The summed E-state index contributed by atoms with van der Waals surface area (Å²) < 4.78 is 0. The van der Waals surface area contributed by atoms with Gasteiger partial charge in [-0.3, -0.25) is 0 Å². The van der Waals surface area contributed by atoms with Gasteiger partial charge in [0.2, 0.25) is 0 Å². The highest BCUT2D eigenvalue weighted by molar-refractivity contribution is 7.80. The van der Waals surface area contributed by atoms with Crippen molar-refractivity contribution in [2.24, 2.45) is 11.8 Å². The van der Waals surface area contributed by atoms with Crippen LogP contribution in [-0.2, 0) is 0 Å². The largest absolute Gasteiger partial charge is 0.176 e. The summed E-state index contributed by atoms with van der Waals surface area (Å²) in [5.41, 5.74) is 0. The maximum absolute atomic E-state index is 5.25. The molecule has 68 valence electrons. The van der Waals surface area contributed by atoms with Gasteiger partial charge >= 0.3 is 0 Å². The lowest BCUT2D eigenvalue weighted by Gasteiger charge is -2.15. The van der Waals surface area contributed by atoms with Gasteiger partial charge in [0.15, 0.2) is 0 Å². The molecule has 0 heterocycles. The van der Waals surface area contributed by atoms with E-state index in [9.17, 15) is 0 Å². The van der Waals surface area contributed by atoms with E-state index in [1.165, 1.54) is 25.4 Å². The SMILES string of the molecule is C#CCCC1CC(S)CC1CP. The molecule has 0 aromatic heterocycles. The van der Waals surface area contributed by atoms with Gasteiger partial charge in [0.1, 0.15) is 0 Å². The third-order valence-corrected chi connectivity index (χ3v) is 3.81. The molecule has 12 heavy (non-hydrogen) atoms. The molecule has 1 aliphatic rings. The lowest BCUT2D eigenvalue weighted by molar-refractivity contribution is 0.402. The summed E-state index contributed by atoms with van der Waals surface area (Å²) in [6.07, 6.45) is 11.2. The maximum atomic E-state index is 5.25. The predicted octanol–water partition coefficient (Wildman–Crippen LogP) is 2.60. The Morgan fingerprint density at radius 3 is 2.67 bits per heavy atom. The molecular formula is C10H17PS. The maximum Gasteiger partial charge on any atom is 0.00888 e. The van der Waals surface area contributed by atoms with Gasteiger partial charge in [-0.2, -0.15) is 12.6 Å². The van der Waals surface area contributed by atoms with Gasteiger partial charge in [0, 0.05) is 11.7 Å². The molecule has 2 heteroatoms. The van der Waals surface area contributed by atoms with Crippen LogP contribution in [0.5, 0.6) is 0 Å². The minimum atomic E-state index is 0.623. The molecule has 1 aliphatic carbocycles. The topological polar surface area (TPSA) is 0 Å². The van der Waals surface area contributed by atoms with Gasteiger partial charge in [0.25, 0.3) is 0 Å². The summed E-state index contributed by atoms with van der Waals surface area (Å²) in [4.78, 5) is 0. The first-order valence-electron chi connectivity index (χ1n) is 4.59. The number of hydrogen-bond donors (Lipinski definition) is 1. The number of terminal acetylenes is 1. The first-order chi connectivity index (χ1) is 5.77. The summed E-state index contributed by atoms with van der Waals surface area (Å²) in [5.74, 6) is 4.41. The molecule has 0 aromatic carbocycles. The quantitative estimate of drug-likeness (QED) is 0.404. The van der Waals surface area contributed by atoms with Crippen LogP contribution in [0.1, 0.15) is 25.7 Å². The number of thiol groups is 1. The van der Waals surface area contributed by atoms with Crippen molar-refractivity contribution in [3.05, 3.63) is 0 Å². The first kappa shape index (κ1) is 10.4. The van der Waals surface area contributed by atoms with Crippen molar-refractivity contribution in [2.75, 3.05) is 6.16 Å². The molecule has 0 aromatic rings. The van der Waals surface area contributed by atoms with Crippen LogP contribution < -0.4 is 0 Å². The van der Waals surface area contributed by atoms with Crippen LogP contribution >= 0.6 is 21.9 Å². The van der Waals surface area contributed by atoms with Gasteiger partial charge < -0.3 is 0 Å². The molecule has 0 bridgehead atoms. The normalized spacial score (nSPS) is 34.9. The van der Waals surface area contributed by atoms with Crippen LogP contribution in [0.4, 0.5) is 0 Å². The van der Waals surface area contributed by atoms with Gasteiger partial charge in [-0.15, -0.1) is 21.6 Å². The van der Waals surface area contributed by atoms with Crippen LogP contribution in [0.25, 0.3) is 0 Å². The van der Waals surface area contributed by atoms with E-state index in [0.29, 0.717) is 5.25 Å². The Labute approximate surface area is 83.5 Å². The highest BCUT2D eigenvalue weighted by atomic mass is 32.1. The fourth-order valence-corrected chi connectivity index (χ4v) is 3.21. The molecule has 0 aliphatic heterocycles. The molecule has 4 unspecified atom stereocenters. The van der Waals surface area contributed by atoms with Crippen molar-refractivity contribution in [1.29, 1.82) is 0 Å². The molecule has 1 fully saturated rings. The smallest absolute Gasteiger partial charge is 0.00888 e. The first-order valence-corrected chi connectivity index (χ1v) is 5.92. The molecule has 4 atom stereocenters. The lowest BCUT2D eigenvalue weighted by Crippen LogP contribution is -2.08. The van der Waals surface area contributed by atoms with E-state index >= 15 is 0 Å². The Bertz CT molecular complexity index is 173. The monoisotopic (exact) mass is 200 g/mol. The van der Waals surface area contributed by atoms with Crippen LogP contribution in [-0.4, -0.2) is 11.4 Å². The minimum Gasteiger partial charge on any atom is -0.176 e. The molecule has 0 N–H and O–H groups in total. The highest BCUT2D eigenvalue weighted by Gasteiger charge is 2.30. The van der Waals surface area contributed by atoms with E-state index in [-0.39, 0.29) is 0 Å². The van der Waals surface area contributed by atoms with Crippen molar-refractivity contribution < 1.29 is 0 Å². The van der Waals surface area contributed by atoms with Crippen molar-refractivity contribution in [3.8, 4) is 12.3 Å². The fourth-order valence-electron chi connectivity index (χ4n) is 2.09. The summed E-state index contributed by atoms with van der Waals surface area (Å²) >= 11 is 4.53. The zero-order chi connectivity index (χ0) is 8.97. The highest BCUT2D eigenvalue weighted by Crippen LogP contribution is 2.38. The molecule has 0 radical (unpaired) electrons. The lowest BCUT2D eigenvalue weighted by atomic mass is 9.93. The van der Waals surface area contributed by atoms with Gasteiger partial charge in [0.05, 0.1) is 0 Å². The van der Waals surface area contributed by atoms with E-state index in [4.69, 9.17) is 6.42 Å². The number of rotatable bonds is 3. The van der Waals surface area contributed by atoms with E-state index in [0.717, 1.165) is 18.3 Å². The molecule has 0 saturated heterocycles. The Kier molecular flexibility index (Phi) is 4.47. The second-order valence-electron chi connectivity index (χ2n) is 3.62. The van der Waals surface area contributed by atoms with E-state index < -0.39 is 0 Å². The Hall–Kier alpha value is 0.340. The van der Waals surface area contributed by atoms with E-state index in [2.05, 4.69) is 27.8 Å². The standard InChI is InChI=1S/C10H17PS/c1-2-3-4-8-5-10(12)6-9(8)7-11/h1,8-10,12H,3-7,11H2. The van der Waals surface area contributed by atoms with Crippen molar-refractivity contribution in [3.63, 3.8) is 0 Å².